The van der Waals surface area contributed by atoms with Gasteiger partial charge in [-0.2, -0.15) is 0 Å². The zero-order chi connectivity index (χ0) is 14.7. The number of phenols is 1. The number of aromatic hydroxyl groups is 1. The Labute approximate surface area is 117 Å². The zero-order valence-electron chi connectivity index (χ0n) is 11.4. The molecule has 2 atom stereocenters. The van der Waals surface area contributed by atoms with Gasteiger partial charge >= 0.3 is 0 Å². The van der Waals surface area contributed by atoms with E-state index in [1.807, 2.05) is 0 Å². The van der Waals surface area contributed by atoms with Crippen molar-refractivity contribution in [2.75, 3.05) is 20.2 Å². The fourth-order valence-electron chi connectivity index (χ4n) is 2.56. The number of hydrogen-bond acceptors (Lipinski definition) is 4. The molecule has 0 aliphatic carbocycles. The lowest BCUT2D eigenvalue weighted by Gasteiger charge is -2.38. The molecule has 1 amide bonds. The lowest BCUT2D eigenvalue weighted by atomic mass is 9.98. The molecule has 0 spiro atoms. The van der Waals surface area contributed by atoms with E-state index >= 15 is 0 Å². The van der Waals surface area contributed by atoms with Crippen LogP contribution < -0.4 is 5.73 Å². The molecule has 6 heteroatoms. The molecule has 1 heterocycles. The second-order valence-electron chi connectivity index (χ2n) is 4.93. The summed E-state index contributed by atoms with van der Waals surface area (Å²) < 4.78 is 18.3. The minimum absolute atomic E-state index is 0.0921. The van der Waals surface area contributed by atoms with Crippen molar-refractivity contribution >= 4 is 5.91 Å². The van der Waals surface area contributed by atoms with Crippen molar-refractivity contribution in [1.82, 2.24) is 4.90 Å². The van der Waals surface area contributed by atoms with E-state index in [-0.39, 0.29) is 29.4 Å². The summed E-state index contributed by atoms with van der Waals surface area (Å²) in [6.07, 6.45) is 1.48. The van der Waals surface area contributed by atoms with E-state index in [4.69, 9.17) is 10.5 Å². The summed E-state index contributed by atoms with van der Waals surface area (Å²) in [6, 6.07) is 3.26. The van der Waals surface area contributed by atoms with Gasteiger partial charge in [0.25, 0.3) is 5.91 Å². The van der Waals surface area contributed by atoms with Gasteiger partial charge in [-0.1, -0.05) is 0 Å². The third kappa shape index (κ3) is 2.91. The summed E-state index contributed by atoms with van der Waals surface area (Å²) >= 11 is 0. The number of ether oxygens (including phenoxy) is 1. The molecule has 0 aromatic heterocycles. The van der Waals surface area contributed by atoms with Crippen LogP contribution in [0.3, 0.4) is 0 Å². The molecule has 1 aromatic rings. The summed E-state index contributed by atoms with van der Waals surface area (Å²) in [4.78, 5) is 14.1. The highest BCUT2D eigenvalue weighted by molar-refractivity contribution is 5.97. The van der Waals surface area contributed by atoms with E-state index in [9.17, 15) is 14.3 Å². The van der Waals surface area contributed by atoms with Crippen LogP contribution >= 0.6 is 0 Å². The average Bonchev–Trinajstić information content (AvgIpc) is 2.46. The molecule has 1 fully saturated rings. The summed E-state index contributed by atoms with van der Waals surface area (Å²) in [5.41, 5.74) is 5.81. The summed E-state index contributed by atoms with van der Waals surface area (Å²) in [5.74, 6) is -1.25. The normalized spacial score (nSPS) is 22.9. The van der Waals surface area contributed by atoms with Crippen molar-refractivity contribution in [1.29, 1.82) is 0 Å². The first-order chi connectivity index (χ1) is 9.56. The standard InChI is InChI=1S/C14H19FN2O3/c1-20-11-4-5-17(10(7-11)8-16)14(19)12-3-2-9(15)6-13(12)18/h2-3,6,10-11,18H,4-5,7-8,16H2,1H3. The number of piperidine rings is 1. The van der Waals surface area contributed by atoms with Crippen molar-refractivity contribution in [3.05, 3.63) is 29.6 Å². The Bertz CT molecular complexity index is 495. The van der Waals surface area contributed by atoms with Crippen LogP contribution in [0.1, 0.15) is 23.2 Å². The topological polar surface area (TPSA) is 75.8 Å². The van der Waals surface area contributed by atoms with Gasteiger partial charge in [0, 0.05) is 32.3 Å². The van der Waals surface area contributed by atoms with Crippen molar-refractivity contribution in [2.45, 2.75) is 25.0 Å². The monoisotopic (exact) mass is 282 g/mol. The Balaban J connectivity index is 2.19. The predicted octanol–water partition coefficient (Wildman–Crippen LogP) is 1.11. The SMILES string of the molecule is COC1CCN(C(=O)c2ccc(F)cc2O)C(CN)C1. The molecule has 2 unspecified atom stereocenters. The van der Waals surface area contributed by atoms with E-state index in [0.29, 0.717) is 19.5 Å². The molecule has 0 radical (unpaired) electrons. The Kier molecular flexibility index (Phi) is 4.57. The van der Waals surface area contributed by atoms with Gasteiger partial charge in [0.05, 0.1) is 11.7 Å². The Morgan fingerprint density at radius 1 is 1.60 bits per heavy atom. The molecule has 0 bridgehead atoms. The Hall–Kier alpha value is -1.66. The lowest BCUT2D eigenvalue weighted by Crippen LogP contribution is -2.51. The van der Waals surface area contributed by atoms with E-state index in [1.165, 1.54) is 6.07 Å². The largest absolute Gasteiger partial charge is 0.507 e. The maximum Gasteiger partial charge on any atom is 0.257 e. The average molecular weight is 282 g/mol. The van der Waals surface area contributed by atoms with Gasteiger partial charge in [-0.25, -0.2) is 4.39 Å². The van der Waals surface area contributed by atoms with Crippen molar-refractivity contribution in [2.24, 2.45) is 5.73 Å². The van der Waals surface area contributed by atoms with Crippen LogP contribution in [-0.2, 0) is 4.74 Å². The number of carbonyl (C=O) groups is 1. The highest BCUT2D eigenvalue weighted by Crippen LogP contribution is 2.25. The van der Waals surface area contributed by atoms with E-state index in [0.717, 1.165) is 18.6 Å². The molecule has 5 nitrogen and oxygen atoms in total. The molecule has 1 aliphatic rings. The fourth-order valence-corrected chi connectivity index (χ4v) is 2.56. The van der Waals surface area contributed by atoms with Gasteiger partial charge in [-0.15, -0.1) is 0 Å². The maximum absolute atomic E-state index is 13.0. The number of nitrogens with two attached hydrogens (primary N) is 1. The number of methoxy groups -OCH3 is 1. The van der Waals surface area contributed by atoms with Gasteiger partial charge < -0.3 is 20.5 Å². The molecule has 0 saturated carbocycles. The van der Waals surface area contributed by atoms with Gasteiger partial charge in [-0.05, 0) is 25.0 Å². The van der Waals surface area contributed by atoms with Gasteiger partial charge in [-0.3, -0.25) is 4.79 Å². The smallest absolute Gasteiger partial charge is 0.257 e. The number of benzene rings is 1. The first kappa shape index (κ1) is 14.7. The number of amides is 1. The van der Waals surface area contributed by atoms with E-state index < -0.39 is 5.82 Å². The number of carbonyl (C=O) groups excluding carboxylic acids is 1. The molecule has 3 N–H and O–H groups in total. The summed E-state index contributed by atoms with van der Waals surface area (Å²) in [5, 5.41) is 9.71. The molecular formula is C14H19FN2O3. The van der Waals surface area contributed by atoms with Crippen molar-refractivity contribution in [3.8, 4) is 5.75 Å². The Morgan fingerprint density at radius 3 is 2.95 bits per heavy atom. The van der Waals surface area contributed by atoms with Crippen LogP contribution in [0, 0.1) is 5.82 Å². The molecule has 1 aromatic carbocycles. The number of halogens is 1. The number of rotatable bonds is 3. The van der Waals surface area contributed by atoms with Crippen LogP contribution in [-0.4, -0.2) is 48.3 Å². The second kappa shape index (κ2) is 6.19. The first-order valence-electron chi connectivity index (χ1n) is 6.59. The second-order valence-corrected chi connectivity index (χ2v) is 4.93. The first-order valence-corrected chi connectivity index (χ1v) is 6.59. The fraction of sp³-hybridized carbons (Fsp3) is 0.500. The van der Waals surface area contributed by atoms with Crippen molar-refractivity contribution < 1.29 is 19.0 Å². The third-order valence-corrected chi connectivity index (χ3v) is 3.72. The summed E-state index contributed by atoms with van der Waals surface area (Å²) in [7, 11) is 1.64. The number of likely N-dealkylation sites (tertiary alicyclic amines) is 1. The molecule has 20 heavy (non-hydrogen) atoms. The molecule has 1 saturated heterocycles. The summed E-state index contributed by atoms with van der Waals surface area (Å²) in [6.45, 7) is 0.837. The van der Waals surface area contributed by atoms with E-state index in [1.54, 1.807) is 12.0 Å². The molecular weight excluding hydrogens is 263 g/mol. The number of hydrogen-bond donors (Lipinski definition) is 2. The quantitative estimate of drug-likeness (QED) is 0.870. The highest BCUT2D eigenvalue weighted by Gasteiger charge is 2.32. The molecule has 1 aliphatic heterocycles. The maximum atomic E-state index is 13.0. The Morgan fingerprint density at radius 2 is 2.35 bits per heavy atom. The van der Waals surface area contributed by atoms with Gasteiger partial charge in [0.2, 0.25) is 0 Å². The minimum atomic E-state index is -0.576. The van der Waals surface area contributed by atoms with E-state index in [2.05, 4.69) is 0 Å². The number of phenolic OH excluding ortho intramolecular Hbond substituents is 1. The third-order valence-electron chi connectivity index (χ3n) is 3.72. The molecule has 110 valence electrons. The van der Waals surface area contributed by atoms with Crippen molar-refractivity contribution in [3.63, 3.8) is 0 Å². The van der Waals surface area contributed by atoms with Crippen LogP contribution in [0.4, 0.5) is 4.39 Å². The lowest BCUT2D eigenvalue weighted by molar-refractivity contribution is 0.0138. The van der Waals surface area contributed by atoms with Crippen LogP contribution in [0.2, 0.25) is 0 Å². The molecule has 2 rings (SSSR count). The number of nitrogens with zero attached hydrogens (tertiary/aromatic N) is 1. The minimum Gasteiger partial charge on any atom is -0.507 e. The predicted molar refractivity (Wildman–Crippen MR) is 72.0 cm³/mol. The van der Waals surface area contributed by atoms with Crippen LogP contribution in [0.15, 0.2) is 18.2 Å². The zero-order valence-corrected chi connectivity index (χ0v) is 11.4. The van der Waals surface area contributed by atoms with Gasteiger partial charge in [0.1, 0.15) is 11.6 Å². The van der Waals surface area contributed by atoms with Crippen LogP contribution in [0.5, 0.6) is 5.75 Å². The van der Waals surface area contributed by atoms with Crippen LogP contribution in [0.25, 0.3) is 0 Å². The van der Waals surface area contributed by atoms with Gasteiger partial charge in [0.15, 0.2) is 0 Å². The highest BCUT2D eigenvalue weighted by atomic mass is 19.1.